The molecule has 0 aromatic carbocycles. The van der Waals surface area contributed by atoms with Crippen LogP contribution in [0.25, 0.3) is 11.4 Å². The summed E-state index contributed by atoms with van der Waals surface area (Å²) in [5, 5.41) is 9.26. The first kappa shape index (κ1) is 12.4. The Morgan fingerprint density at radius 3 is 2.95 bits per heavy atom. The van der Waals surface area contributed by atoms with E-state index in [9.17, 15) is 9.59 Å². The van der Waals surface area contributed by atoms with Crippen molar-refractivity contribution in [1.29, 1.82) is 0 Å². The minimum absolute atomic E-state index is 0.0193. The number of amides is 2. The molecular weight excluding hydrogens is 262 g/mol. The smallest absolute Gasteiger partial charge is 0.249 e. The van der Waals surface area contributed by atoms with Crippen LogP contribution in [-0.2, 0) is 9.59 Å². The van der Waals surface area contributed by atoms with Crippen LogP contribution in [0.5, 0.6) is 0 Å². The fourth-order valence-corrected chi connectivity index (χ4v) is 1.96. The SMILES string of the molecule is CC(=O)N1CC(C(=O)Nc2n[nH]c(-c3ccoc3)n2)C1. The van der Waals surface area contributed by atoms with E-state index in [2.05, 4.69) is 20.5 Å². The van der Waals surface area contributed by atoms with Crippen LogP contribution in [-0.4, -0.2) is 45.0 Å². The van der Waals surface area contributed by atoms with Crippen molar-refractivity contribution >= 4 is 17.8 Å². The van der Waals surface area contributed by atoms with Gasteiger partial charge in [-0.1, -0.05) is 0 Å². The summed E-state index contributed by atoms with van der Waals surface area (Å²) < 4.78 is 4.95. The Balaban J connectivity index is 1.59. The molecule has 0 unspecified atom stereocenters. The number of nitrogens with zero attached hydrogens (tertiary/aromatic N) is 3. The molecule has 104 valence electrons. The first-order valence-electron chi connectivity index (χ1n) is 6.15. The maximum atomic E-state index is 11.9. The van der Waals surface area contributed by atoms with Crippen LogP contribution >= 0.6 is 0 Å². The van der Waals surface area contributed by atoms with Crippen molar-refractivity contribution in [2.24, 2.45) is 5.92 Å². The zero-order valence-electron chi connectivity index (χ0n) is 10.8. The predicted molar refractivity (Wildman–Crippen MR) is 68.5 cm³/mol. The Hall–Kier alpha value is -2.64. The Morgan fingerprint density at radius 1 is 1.50 bits per heavy atom. The third-order valence-corrected chi connectivity index (χ3v) is 3.21. The molecule has 2 N–H and O–H groups in total. The van der Waals surface area contributed by atoms with Gasteiger partial charge in [0.2, 0.25) is 17.8 Å². The molecule has 0 bridgehead atoms. The lowest BCUT2D eigenvalue weighted by atomic mass is 9.99. The molecule has 1 aliphatic rings. The second kappa shape index (κ2) is 4.80. The minimum atomic E-state index is -0.199. The van der Waals surface area contributed by atoms with Gasteiger partial charge in [-0.3, -0.25) is 20.0 Å². The van der Waals surface area contributed by atoms with Gasteiger partial charge in [0.1, 0.15) is 6.26 Å². The third kappa shape index (κ3) is 2.27. The van der Waals surface area contributed by atoms with Gasteiger partial charge < -0.3 is 9.32 Å². The van der Waals surface area contributed by atoms with Crippen LogP contribution in [0.1, 0.15) is 6.92 Å². The summed E-state index contributed by atoms with van der Waals surface area (Å²) in [4.78, 5) is 28.7. The maximum Gasteiger partial charge on any atom is 0.249 e. The quantitative estimate of drug-likeness (QED) is 0.847. The number of anilines is 1. The lowest BCUT2D eigenvalue weighted by Crippen LogP contribution is -2.53. The molecule has 0 atom stereocenters. The fourth-order valence-electron chi connectivity index (χ4n) is 1.96. The highest BCUT2D eigenvalue weighted by atomic mass is 16.3. The molecule has 3 heterocycles. The molecule has 0 radical (unpaired) electrons. The molecular formula is C12H13N5O3. The summed E-state index contributed by atoms with van der Waals surface area (Å²) in [6.07, 6.45) is 3.06. The monoisotopic (exact) mass is 275 g/mol. The van der Waals surface area contributed by atoms with Gasteiger partial charge in [-0.2, -0.15) is 4.98 Å². The fraction of sp³-hybridized carbons (Fsp3) is 0.333. The van der Waals surface area contributed by atoms with Crippen LogP contribution in [0.4, 0.5) is 5.95 Å². The second-order valence-corrected chi connectivity index (χ2v) is 4.63. The highest BCUT2D eigenvalue weighted by Crippen LogP contribution is 2.19. The maximum absolute atomic E-state index is 11.9. The molecule has 0 aliphatic carbocycles. The average Bonchev–Trinajstić information content (AvgIpc) is 2.95. The average molecular weight is 275 g/mol. The summed E-state index contributed by atoms with van der Waals surface area (Å²) in [7, 11) is 0. The number of carbonyl (C=O) groups is 2. The van der Waals surface area contributed by atoms with Gasteiger partial charge in [0.05, 0.1) is 17.7 Å². The van der Waals surface area contributed by atoms with Crippen LogP contribution in [0.15, 0.2) is 23.0 Å². The molecule has 1 fully saturated rings. The zero-order chi connectivity index (χ0) is 14.1. The Bertz CT molecular complexity index is 627. The lowest BCUT2D eigenvalue weighted by Gasteiger charge is -2.37. The molecule has 2 aromatic rings. The van der Waals surface area contributed by atoms with Gasteiger partial charge in [0, 0.05) is 20.0 Å². The number of hydrogen-bond acceptors (Lipinski definition) is 5. The molecule has 8 heteroatoms. The Morgan fingerprint density at radius 2 is 2.30 bits per heavy atom. The van der Waals surface area contributed by atoms with E-state index >= 15 is 0 Å². The number of aromatic nitrogens is 3. The number of hydrogen-bond donors (Lipinski definition) is 2. The predicted octanol–water partition coefficient (Wildman–Crippen LogP) is 0.481. The van der Waals surface area contributed by atoms with Crippen LogP contribution < -0.4 is 5.32 Å². The summed E-state index contributed by atoms with van der Waals surface area (Å²) >= 11 is 0. The molecule has 1 aliphatic heterocycles. The highest BCUT2D eigenvalue weighted by Gasteiger charge is 2.34. The number of likely N-dealkylation sites (tertiary alicyclic amines) is 1. The van der Waals surface area contributed by atoms with Crippen molar-refractivity contribution in [3.05, 3.63) is 18.6 Å². The van der Waals surface area contributed by atoms with Crippen molar-refractivity contribution in [3.63, 3.8) is 0 Å². The van der Waals surface area contributed by atoms with Crippen molar-refractivity contribution in [3.8, 4) is 11.4 Å². The van der Waals surface area contributed by atoms with Gasteiger partial charge in [-0.25, -0.2) is 0 Å². The lowest BCUT2D eigenvalue weighted by molar-refractivity contribution is -0.139. The Kier molecular flexibility index (Phi) is 2.97. The largest absolute Gasteiger partial charge is 0.472 e. The van der Waals surface area contributed by atoms with Gasteiger partial charge in [-0.05, 0) is 6.07 Å². The normalized spacial score (nSPS) is 14.9. The van der Waals surface area contributed by atoms with Crippen molar-refractivity contribution in [2.75, 3.05) is 18.4 Å². The summed E-state index contributed by atoms with van der Waals surface area (Å²) in [6, 6.07) is 1.74. The minimum Gasteiger partial charge on any atom is -0.472 e. The second-order valence-electron chi connectivity index (χ2n) is 4.63. The van der Waals surface area contributed by atoms with E-state index in [1.165, 1.54) is 19.5 Å². The van der Waals surface area contributed by atoms with Crippen molar-refractivity contribution in [2.45, 2.75) is 6.92 Å². The van der Waals surface area contributed by atoms with E-state index in [1.54, 1.807) is 11.0 Å². The van der Waals surface area contributed by atoms with E-state index < -0.39 is 0 Å². The van der Waals surface area contributed by atoms with Gasteiger partial charge in [0.25, 0.3) is 0 Å². The number of furan rings is 1. The van der Waals surface area contributed by atoms with E-state index in [0.29, 0.717) is 18.9 Å². The molecule has 0 saturated carbocycles. The van der Waals surface area contributed by atoms with E-state index in [4.69, 9.17) is 4.42 Å². The molecule has 8 nitrogen and oxygen atoms in total. The van der Waals surface area contributed by atoms with Crippen LogP contribution in [0.3, 0.4) is 0 Å². The topological polar surface area (TPSA) is 104 Å². The molecule has 0 spiro atoms. The number of H-pyrrole nitrogens is 1. The van der Waals surface area contributed by atoms with Crippen molar-refractivity contribution < 1.29 is 14.0 Å². The number of aromatic amines is 1. The molecule has 2 aromatic heterocycles. The third-order valence-electron chi connectivity index (χ3n) is 3.21. The number of rotatable bonds is 3. The summed E-state index contributed by atoms with van der Waals surface area (Å²) in [5.41, 5.74) is 0.754. The number of carbonyl (C=O) groups excluding carboxylic acids is 2. The van der Waals surface area contributed by atoms with Crippen molar-refractivity contribution in [1.82, 2.24) is 20.1 Å². The Labute approximate surface area is 114 Å². The van der Waals surface area contributed by atoms with E-state index in [-0.39, 0.29) is 23.7 Å². The van der Waals surface area contributed by atoms with Crippen LogP contribution in [0.2, 0.25) is 0 Å². The molecule has 20 heavy (non-hydrogen) atoms. The first-order chi connectivity index (χ1) is 9.63. The zero-order valence-corrected chi connectivity index (χ0v) is 10.8. The van der Waals surface area contributed by atoms with Gasteiger partial charge in [0.15, 0.2) is 5.82 Å². The molecule has 1 saturated heterocycles. The van der Waals surface area contributed by atoms with E-state index in [0.717, 1.165) is 5.56 Å². The van der Waals surface area contributed by atoms with E-state index in [1.807, 2.05) is 0 Å². The van der Waals surface area contributed by atoms with Crippen LogP contribution in [0, 0.1) is 5.92 Å². The summed E-state index contributed by atoms with van der Waals surface area (Å²) in [6.45, 7) is 2.38. The molecule has 2 amide bonds. The highest BCUT2D eigenvalue weighted by molar-refractivity contribution is 5.93. The molecule has 3 rings (SSSR count). The summed E-state index contributed by atoms with van der Waals surface area (Å²) in [5.74, 6) is 0.338. The standard InChI is InChI=1S/C12H13N5O3/c1-7(18)17-4-9(5-17)11(19)14-12-13-10(15-16-12)8-2-3-20-6-8/h2-3,6,9H,4-5H2,1H3,(H2,13,14,15,16,19). The van der Waals surface area contributed by atoms with Gasteiger partial charge in [-0.15, -0.1) is 5.10 Å². The number of nitrogens with one attached hydrogen (secondary N) is 2. The van der Waals surface area contributed by atoms with Gasteiger partial charge >= 0.3 is 0 Å². The first-order valence-corrected chi connectivity index (χ1v) is 6.15.